The van der Waals surface area contributed by atoms with Gasteiger partial charge in [0.25, 0.3) is 0 Å². The number of hydrogen-bond donors (Lipinski definition) is 2. The van der Waals surface area contributed by atoms with E-state index >= 15 is 0 Å². The average molecular weight is 468 g/mol. The Bertz CT molecular complexity index is 1210. The second-order valence-corrected chi connectivity index (χ2v) is 10.9. The Hall–Kier alpha value is -2.71. The SMILES string of the molecule is CC12CCC3c4ccc(OS(N)(=O)=O)cc4CCC3C1CC=C2C(=O)NCc1ccncc1. The Kier molecular flexibility index (Phi) is 5.53. The summed E-state index contributed by atoms with van der Waals surface area (Å²) in [6.45, 7) is 2.76. The summed E-state index contributed by atoms with van der Waals surface area (Å²) in [6.07, 6.45) is 10.4. The lowest BCUT2D eigenvalue weighted by Crippen LogP contribution is -2.43. The summed E-state index contributed by atoms with van der Waals surface area (Å²) in [7, 11) is -4.03. The molecule has 7 nitrogen and oxygen atoms in total. The molecular weight excluding hydrogens is 438 g/mol. The van der Waals surface area contributed by atoms with Gasteiger partial charge >= 0.3 is 10.3 Å². The van der Waals surface area contributed by atoms with Crippen LogP contribution in [0.2, 0.25) is 0 Å². The van der Waals surface area contributed by atoms with Crippen LogP contribution in [0.3, 0.4) is 0 Å². The van der Waals surface area contributed by atoms with Crippen molar-refractivity contribution >= 4 is 16.2 Å². The van der Waals surface area contributed by atoms with Crippen molar-refractivity contribution in [2.24, 2.45) is 22.4 Å². The summed E-state index contributed by atoms with van der Waals surface area (Å²) in [4.78, 5) is 17.1. The molecule has 0 aliphatic heterocycles. The van der Waals surface area contributed by atoms with Crippen molar-refractivity contribution in [2.75, 3.05) is 0 Å². The first-order valence-corrected chi connectivity index (χ1v) is 12.9. The van der Waals surface area contributed by atoms with Crippen LogP contribution in [0.4, 0.5) is 0 Å². The molecule has 1 fully saturated rings. The van der Waals surface area contributed by atoms with Gasteiger partial charge in [0.05, 0.1) is 0 Å². The second kappa shape index (κ2) is 8.25. The van der Waals surface area contributed by atoms with Gasteiger partial charge in [0.1, 0.15) is 5.75 Å². The summed E-state index contributed by atoms with van der Waals surface area (Å²) < 4.78 is 27.4. The summed E-state index contributed by atoms with van der Waals surface area (Å²) in [5.41, 5.74) is 4.28. The lowest BCUT2D eigenvalue weighted by molar-refractivity contribution is -0.119. The number of hydrogen-bond acceptors (Lipinski definition) is 5. The van der Waals surface area contributed by atoms with Gasteiger partial charge in [0.15, 0.2) is 0 Å². The number of aryl methyl sites for hydroxylation is 1. The standard InChI is InChI=1S/C25H29N3O4S/c1-25-11-8-20-19-5-3-18(32-33(26,30)31)14-17(19)2-4-21(20)22(25)6-7-23(25)24(29)28-15-16-9-12-27-13-10-16/h3,5,7,9-10,12-14,20-22H,2,4,6,8,11,15H2,1H3,(H,28,29)(H2,26,30,31). The Morgan fingerprint density at radius 3 is 2.79 bits per heavy atom. The monoisotopic (exact) mass is 467 g/mol. The van der Waals surface area contributed by atoms with Crippen molar-refractivity contribution in [1.29, 1.82) is 0 Å². The van der Waals surface area contributed by atoms with Crippen molar-refractivity contribution in [1.82, 2.24) is 10.3 Å². The van der Waals surface area contributed by atoms with Gasteiger partial charge in [0, 0.05) is 29.9 Å². The molecule has 4 unspecified atom stereocenters. The highest BCUT2D eigenvalue weighted by atomic mass is 32.2. The molecule has 1 amide bonds. The van der Waals surface area contributed by atoms with Crippen LogP contribution in [-0.4, -0.2) is 19.3 Å². The van der Waals surface area contributed by atoms with E-state index in [1.165, 1.54) is 5.56 Å². The van der Waals surface area contributed by atoms with Crippen LogP contribution in [0.15, 0.2) is 54.4 Å². The second-order valence-electron chi connectivity index (χ2n) is 9.70. The van der Waals surface area contributed by atoms with Gasteiger partial charge in [0.2, 0.25) is 5.91 Å². The van der Waals surface area contributed by atoms with Crippen LogP contribution in [0, 0.1) is 17.3 Å². The largest absolute Gasteiger partial charge is 0.380 e. The predicted octanol–water partition coefficient (Wildman–Crippen LogP) is 3.37. The molecule has 0 spiro atoms. The number of nitrogens with one attached hydrogen (secondary N) is 1. The van der Waals surface area contributed by atoms with E-state index in [-0.39, 0.29) is 17.1 Å². The number of benzene rings is 1. The Balaban J connectivity index is 1.31. The highest BCUT2D eigenvalue weighted by Gasteiger charge is 2.53. The zero-order valence-corrected chi connectivity index (χ0v) is 19.5. The number of carbonyl (C=O) groups is 1. The molecule has 8 heteroatoms. The fourth-order valence-corrected chi connectivity index (χ4v) is 6.81. The molecule has 3 aliphatic carbocycles. The lowest BCUT2D eigenvalue weighted by Gasteiger charge is -2.50. The van der Waals surface area contributed by atoms with Gasteiger partial charge in [-0.1, -0.05) is 19.1 Å². The lowest BCUT2D eigenvalue weighted by atomic mass is 9.54. The maximum absolute atomic E-state index is 13.1. The van der Waals surface area contributed by atoms with E-state index in [1.807, 2.05) is 24.3 Å². The van der Waals surface area contributed by atoms with Crippen molar-refractivity contribution in [2.45, 2.75) is 51.5 Å². The molecule has 0 bridgehead atoms. The summed E-state index contributed by atoms with van der Waals surface area (Å²) >= 11 is 0. The normalized spacial score (nSPS) is 28.2. The van der Waals surface area contributed by atoms with Crippen LogP contribution in [0.5, 0.6) is 5.75 Å². The number of pyridine rings is 1. The van der Waals surface area contributed by atoms with E-state index in [2.05, 4.69) is 23.3 Å². The number of aromatic nitrogens is 1. The highest BCUT2D eigenvalue weighted by molar-refractivity contribution is 7.84. The molecule has 1 aromatic heterocycles. The maximum Gasteiger partial charge on any atom is 0.380 e. The third-order valence-corrected chi connectivity index (χ3v) is 8.36. The van der Waals surface area contributed by atoms with Gasteiger partial charge in [-0.05, 0) is 90.8 Å². The average Bonchev–Trinajstić information content (AvgIpc) is 3.14. The Labute approximate surface area is 194 Å². The third-order valence-electron chi connectivity index (χ3n) is 7.94. The molecule has 4 atom stereocenters. The van der Waals surface area contributed by atoms with Gasteiger partial charge in [-0.2, -0.15) is 13.6 Å². The molecule has 174 valence electrons. The topological polar surface area (TPSA) is 111 Å². The zero-order chi connectivity index (χ0) is 23.2. The van der Waals surface area contributed by atoms with E-state index in [0.29, 0.717) is 24.3 Å². The molecule has 0 saturated heterocycles. The smallest absolute Gasteiger partial charge is 0.371 e. The van der Waals surface area contributed by atoms with Crippen LogP contribution in [0.25, 0.3) is 0 Å². The van der Waals surface area contributed by atoms with Crippen molar-refractivity contribution < 1.29 is 17.4 Å². The fourth-order valence-electron chi connectivity index (χ4n) is 6.44. The molecule has 1 aromatic carbocycles. The number of nitrogens with zero attached hydrogens (tertiary/aromatic N) is 1. The minimum atomic E-state index is -4.03. The molecule has 33 heavy (non-hydrogen) atoms. The summed E-state index contributed by atoms with van der Waals surface area (Å²) in [5, 5.41) is 8.13. The van der Waals surface area contributed by atoms with Gasteiger partial charge in [-0.15, -0.1) is 0 Å². The molecule has 1 saturated carbocycles. The van der Waals surface area contributed by atoms with E-state index in [0.717, 1.165) is 48.8 Å². The third kappa shape index (κ3) is 4.17. The molecular formula is C25H29N3O4S. The first-order chi connectivity index (χ1) is 15.7. The van der Waals surface area contributed by atoms with Crippen LogP contribution >= 0.6 is 0 Å². The van der Waals surface area contributed by atoms with Gasteiger partial charge in [-0.3, -0.25) is 9.78 Å². The van der Waals surface area contributed by atoms with Crippen molar-refractivity contribution in [3.05, 3.63) is 71.1 Å². The first kappa shape index (κ1) is 22.1. The highest BCUT2D eigenvalue weighted by Crippen LogP contribution is 2.61. The molecule has 3 aliphatic rings. The zero-order valence-electron chi connectivity index (χ0n) is 18.7. The van der Waals surface area contributed by atoms with Crippen LogP contribution < -0.4 is 14.6 Å². The summed E-state index contributed by atoms with van der Waals surface area (Å²) in [5.74, 6) is 1.67. The minimum Gasteiger partial charge on any atom is -0.371 e. The molecule has 0 radical (unpaired) electrons. The number of allylic oxidation sites excluding steroid dienone is 1. The molecule has 1 heterocycles. The van der Waals surface area contributed by atoms with Gasteiger partial charge < -0.3 is 9.50 Å². The van der Waals surface area contributed by atoms with E-state index < -0.39 is 10.3 Å². The summed E-state index contributed by atoms with van der Waals surface area (Å²) in [6, 6.07) is 9.34. The number of carbonyl (C=O) groups excluding carboxylic acids is 1. The molecule has 2 aromatic rings. The number of amides is 1. The maximum atomic E-state index is 13.1. The fraction of sp³-hybridized carbons (Fsp3) is 0.440. The van der Waals surface area contributed by atoms with Gasteiger partial charge in [-0.25, -0.2) is 0 Å². The predicted molar refractivity (Wildman–Crippen MR) is 124 cm³/mol. The van der Waals surface area contributed by atoms with E-state index in [1.54, 1.807) is 18.5 Å². The van der Waals surface area contributed by atoms with Crippen LogP contribution in [-0.2, 0) is 28.1 Å². The first-order valence-electron chi connectivity index (χ1n) is 11.5. The number of fused-ring (bicyclic) bond motifs is 5. The van der Waals surface area contributed by atoms with E-state index in [9.17, 15) is 13.2 Å². The van der Waals surface area contributed by atoms with Crippen molar-refractivity contribution in [3.63, 3.8) is 0 Å². The minimum absolute atomic E-state index is 0.0382. The van der Waals surface area contributed by atoms with Crippen LogP contribution in [0.1, 0.15) is 55.2 Å². The molecule has 5 rings (SSSR count). The quantitative estimate of drug-likeness (QED) is 0.700. The number of rotatable bonds is 5. The molecule has 3 N–H and O–H groups in total. The Morgan fingerprint density at radius 1 is 1.24 bits per heavy atom. The Morgan fingerprint density at radius 2 is 2.03 bits per heavy atom. The van der Waals surface area contributed by atoms with Crippen molar-refractivity contribution in [3.8, 4) is 5.75 Å². The number of nitrogens with two attached hydrogens (primary N) is 1. The van der Waals surface area contributed by atoms with E-state index in [4.69, 9.17) is 9.32 Å².